The molecule has 34 heavy (non-hydrogen) atoms. The summed E-state index contributed by atoms with van der Waals surface area (Å²) in [5.74, 6) is 0.330. The first-order chi connectivity index (χ1) is 16.3. The van der Waals surface area contributed by atoms with E-state index >= 15 is 0 Å². The second-order valence-electron chi connectivity index (χ2n) is 8.53. The molecule has 0 saturated carbocycles. The Bertz CT molecular complexity index is 1170. The van der Waals surface area contributed by atoms with Gasteiger partial charge in [0.1, 0.15) is 6.04 Å². The molecule has 2 N–H and O–H groups in total. The highest BCUT2D eigenvalue weighted by Crippen LogP contribution is 2.28. The van der Waals surface area contributed by atoms with Crippen LogP contribution in [0, 0.1) is 19.8 Å². The third-order valence-corrected chi connectivity index (χ3v) is 6.30. The fraction of sp³-hybridized carbons (Fsp3) is 0.375. The van der Waals surface area contributed by atoms with E-state index in [0.717, 1.165) is 37.3 Å². The van der Waals surface area contributed by atoms with Crippen molar-refractivity contribution in [2.24, 2.45) is 5.92 Å². The molecule has 1 unspecified atom stereocenters. The van der Waals surface area contributed by atoms with Gasteiger partial charge >= 0.3 is 0 Å². The number of amides is 2. The number of rotatable bonds is 6. The highest BCUT2D eigenvalue weighted by Gasteiger charge is 2.26. The molecule has 1 aromatic carbocycles. The fourth-order valence-electron chi connectivity index (χ4n) is 4.12. The Morgan fingerprint density at radius 3 is 2.41 bits per heavy atom. The zero-order valence-corrected chi connectivity index (χ0v) is 20.2. The quantitative estimate of drug-likeness (QED) is 0.551. The normalized spacial score (nSPS) is 15.1. The van der Waals surface area contributed by atoms with Crippen LogP contribution in [-0.2, 0) is 9.59 Å². The summed E-state index contributed by atoms with van der Waals surface area (Å²) in [6.07, 6.45) is 4.88. The minimum absolute atomic E-state index is 0.0420. The molecule has 0 bridgehead atoms. The van der Waals surface area contributed by atoms with Crippen molar-refractivity contribution >= 4 is 40.7 Å². The molecule has 0 spiro atoms. The maximum Gasteiger partial charge on any atom is 0.248 e. The van der Waals surface area contributed by atoms with Crippen LogP contribution in [0.2, 0.25) is 5.02 Å². The van der Waals surface area contributed by atoms with Crippen LogP contribution in [0.5, 0.6) is 0 Å². The van der Waals surface area contributed by atoms with E-state index in [9.17, 15) is 9.59 Å². The summed E-state index contributed by atoms with van der Waals surface area (Å²) >= 11 is 6.41. The van der Waals surface area contributed by atoms with Gasteiger partial charge in [0.15, 0.2) is 0 Å². The standard InChI is InChI=1S/C24H28ClN7O2/c1-15-13-16(2)32(30-15)17(3)22(33)29-21-6-5-19(14-20(21)25)28-23(34)18-7-11-31(12-8-18)24-26-9-4-10-27-24/h4-6,9-10,13-14,17-18H,7-8,11-12H2,1-3H3,(H,28,34)(H,29,33). The number of nitrogens with one attached hydrogen (secondary N) is 2. The Balaban J connectivity index is 1.33. The molecular formula is C24H28ClN7O2. The zero-order valence-electron chi connectivity index (χ0n) is 19.5. The van der Waals surface area contributed by atoms with Gasteiger partial charge < -0.3 is 15.5 Å². The van der Waals surface area contributed by atoms with E-state index in [0.29, 0.717) is 22.3 Å². The zero-order chi connectivity index (χ0) is 24.2. The summed E-state index contributed by atoms with van der Waals surface area (Å²) in [5.41, 5.74) is 2.84. The summed E-state index contributed by atoms with van der Waals surface area (Å²) < 4.78 is 1.68. The lowest BCUT2D eigenvalue weighted by Gasteiger charge is -2.31. The Morgan fingerprint density at radius 2 is 1.79 bits per heavy atom. The molecule has 3 aromatic rings. The molecule has 178 valence electrons. The monoisotopic (exact) mass is 481 g/mol. The number of aryl methyl sites for hydroxylation is 2. The summed E-state index contributed by atoms with van der Waals surface area (Å²) in [6.45, 7) is 7.03. The van der Waals surface area contributed by atoms with Crippen LogP contribution in [-0.4, -0.2) is 44.7 Å². The van der Waals surface area contributed by atoms with Crippen LogP contribution in [0.3, 0.4) is 0 Å². The molecule has 10 heteroatoms. The molecule has 9 nitrogen and oxygen atoms in total. The topological polar surface area (TPSA) is 105 Å². The van der Waals surface area contributed by atoms with Crippen molar-refractivity contribution < 1.29 is 9.59 Å². The third kappa shape index (κ3) is 5.36. The van der Waals surface area contributed by atoms with Gasteiger partial charge in [-0.25, -0.2) is 9.97 Å². The van der Waals surface area contributed by atoms with Crippen LogP contribution in [0.1, 0.15) is 37.2 Å². The lowest BCUT2D eigenvalue weighted by Crippen LogP contribution is -2.39. The van der Waals surface area contributed by atoms with E-state index in [1.807, 2.05) is 19.9 Å². The number of nitrogens with zero attached hydrogens (tertiary/aromatic N) is 5. The van der Waals surface area contributed by atoms with E-state index in [2.05, 4.69) is 30.6 Å². The van der Waals surface area contributed by atoms with Crippen molar-refractivity contribution in [2.75, 3.05) is 28.6 Å². The van der Waals surface area contributed by atoms with Gasteiger partial charge in [0.2, 0.25) is 17.8 Å². The first-order valence-electron chi connectivity index (χ1n) is 11.3. The van der Waals surface area contributed by atoms with Crippen molar-refractivity contribution in [3.8, 4) is 0 Å². The predicted octanol–water partition coefficient (Wildman–Crippen LogP) is 4.00. The Labute approximate surface area is 203 Å². The van der Waals surface area contributed by atoms with Crippen LogP contribution in [0.4, 0.5) is 17.3 Å². The summed E-state index contributed by atoms with van der Waals surface area (Å²) in [4.78, 5) is 36.1. The number of halogens is 1. The second kappa shape index (κ2) is 10.2. The molecule has 1 atom stereocenters. The molecule has 1 fully saturated rings. The largest absolute Gasteiger partial charge is 0.341 e. The van der Waals surface area contributed by atoms with Crippen molar-refractivity contribution in [3.63, 3.8) is 0 Å². The maximum absolute atomic E-state index is 12.8. The minimum atomic E-state index is -0.490. The van der Waals surface area contributed by atoms with E-state index in [-0.39, 0.29) is 17.7 Å². The van der Waals surface area contributed by atoms with Crippen LogP contribution >= 0.6 is 11.6 Å². The summed E-state index contributed by atoms with van der Waals surface area (Å²) in [6, 6.07) is 8.30. The van der Waals surface area contributed by atoms with E-state index in [1.54, 1.807) is 48.3 Å². The average Bonchev–Trinajstić information content (AvgIpc) is 3.18. The average molecular weight is 482 g/mol. The predicted molar refractivity (Wildman–Crippen MR) is 132 cm³/mol. The molecule has 0 radical (unpaired) electrons. The van der Waals surface area contributed by atoms with Gasteiger partial charge in [0, 0.05) is 42.8 Å². The van der Waals surface area contributed by atoms with E-state index < -0.39 is 6.04 Å². The van der Waals surface area contributed by atoms with Gasteiger partial charge in [-0.3, -0.25) is 14.3 Å². The molecule has 2 aromatic heterocycles. The summed E-state index contributed by atoms with van der Waals surface area (Å²) in [7, 11) is 0. The van der Waals surface area contributed by atoms with Crippen LogP contribution in [0.15, 0.2) is 42.7 Å². The molecule has 4 rings (SSSR count). The number of carbonyl (C=O) groups is 2. The van der Waals surface area contributed by atoms with Gasteiger partial charge in [-0.2, -0.15) is 5.10 Å². The van der Waals surface area contributed by atoms with E-state index in [1.165, 1.54) is 0 Å². The maximum atomic E-state index is 12.8. The minimum Gasteiger partial charge on any atom is -0.341 e. The fourth-order valence-corrected chi connectivity index (χ4v) is 4.35. The highest BCUT2D eigenvalue weighted by molar-refractivity contribution is 6.34. The number of hydrogen-bond acceptors (Lipinski definition) is 6. The van der Waals surface area contributed by atoms with Gasteiger partial charge in [-0.1, -0.05) is 11.6 Å². The van der Waals surface area contributed by atoms with Crippen molar-refractivity contribution in [3.05, 3.63) is 59.1 Å². The molecule has 1 aliphatic heterocycles. The smallest absolute Gasteiger partial charge is 0.248 e. The van der Waals surface area contributed by atoms with Crippen molar-refractivity contribution in [1.82, 2.24) is 19.7 Å². The van der Waals surface area contributed by atoms with Gasteiger partial charge in [0.25, 0.3) is 0 Å². The number of benzene rings is 1. The number of aromatic nitrogens is 4. The Morgan fingerprint density at radius 1 is 1.09 bits per heavy atom. The summed E-state index contributed by atoms with van der Waals surface area (Å²) in [5, 5.41) is 10.5. The Kier molecular flexibility index (Phi) is 7.12. The molecule has 1 aliphatic rings. The number of piperidine rings is 1. The van der Waals surface area contributed by atoms with E-state index in [4.69, 9.17) is 11.6 Å². The molecule has 3 heterocycles. The highest BCUT2D eigenvalue weighted by atomic mass is 35.5. The van der Waals surface area contributed by atoms with Crippen LogP contribution < -0.4 is 15.5 Å². The molecule has 0 aliphatic carbocycles. The Hall–Kier alpha value is -3.46. The number of anilines is 3. The number of carbonyl (C=O) groups excluding carboxylic acids is 2. The van der Waals surface area contributed by atoms with Crippen molar-refractivity contribution in [2.45, 2.75) is 39.7 Å². The van der Waals surface area contributed by atoms with Crippen molar-refractivity contribution in [1.29, 1.82) is 0 Å². The first-order valence-corrected chi connectivity index (χ1v) is 11.7. The second-order valence-corrected chi connectivity index (χ2v) is 8.94. The van der Waals surface area contributed by atoms with Gasteiger partial charge in [-0.05, 0) is 63.9 Å². The lowest BCUT2D eigenvalue weighted by atomic mass is 9.96. The van der Waals surface area contributed by atoms with Gasteiger partial charge in [0.05, 0.1) is 16.4 Å². The number of hydrogen-bond donors (Lipinski definition) is 2. The lowest BCUT2D eigenvalue weighted by molar-refractivity contribution is -0.120. The third-order valence-electron chi connectivity index (χ3n) is 5.99. The SMILES string of the molecule is Cc1cc(C)n(C(C)C(=O)Nc2ccc(NC(=O)C3CCN(c4ncccn4)CC3)cc2Cl)n1. The van der Waals surface area contributed by atoms with Gasteiger partial charge in [-0.15, -0.1) is 0 Å². The molecular weight excluding hydrogens is 454 g/mol. The molecule has 2 amide bonds. The van der Waals surface area contributed by atoms with Crippen LogP contribution in [0.25, 0.3) is 0 Å². The molecule has 1 saturated heterocycles. The first kappa shape index (κ1) is 23.7.